The fourth-order valence-electron chi connectivity index (χ4n) is 3.90. The number of carbonyl (C=O) groups is 2. The van der Waals surface area contributed by atoms with Gasteiger partial charge in [-0.25, -0.2) is 4.39 Å². The Morgan fingerprint density at radius 3 is 2.27 bits per heavy atom. The fourth-order valence-corrected chi connectivity index (χ4v) is 3.90. The van der Waals surface area contributed by atoms with Gasteiger partial charge in [0.15, 0.2) is 0 Å². The Hall–Kier alpha value is -3.93. The lowest BCUT2D eigenvalue weighted by Crippen LogP contribution is -2.29. The van der Waals surface area contributed by atoms with Crippen LogP contribution in [0.15, 0.2) is 84.4 Å². The molecule has 1 atom stereocenters. The van der Waals surface area contributed by atoms with Crippen molar-refractivity contribution in [2.24, 2.45) is 0 Å². The number of hydrogen-bond donors (Lipinski definition) is 1. The molecule has 3 aromatic rings. The largest absolute Gasteiger partial charge is 0.507 e. The molecule has 168 valence electrons. The van der Waals surface area contributed by atoms with Crippen LogP contribution in [0.3, 0.4) is 0 Å². The van der Waals surface area contributed by atoms with Crippen molar-refractivity contribution in [1.82, 2.24) is 4.90 Å². The van der Waals surface area contributed by atoms with E-state index in [0.29, 0.717) is 23.5 Å². The van der Waals surface area contributed by atoms with Crippen molar-refractivity contribution in [2.75, 3.05) is 6.61 Å². The summed E-state index contributed by atoms with van der Waals surface area (Å²) in [6.07, 6.45) is 0.865. The summed E-state index contributed by atoms with van der Waals surface area (Å²) in [4.78, 5) is 27.5. The summed E-state index contributed by atoms with van der Waals surface area (Å²) < 4.78 is 19.2. The van der Waals surface area contributed by atoms with Gasteiger partial charge in [0.1, 0.15) is 17.3 Å². The van der Waals surface area contributed by atoms with Crippen LogP contribution in [0.1, 0.15) is 36.1 Å². The first-order chi connectivity index (χ1) is 16.0. The molecule has 0 bridgehead atoms. The highest BCUT2D eigenvalue weighted by Crippen LogP contribution is 2.40. The van der Waals surface area contributed by atoms with Crippen molar-refractivity contribution in [3.8, 4) is 5.75 Å². The van der Waals surface area contributed by atoms with Crippen LogP contribution in [-0.4, -0.2) is 28.3 Å². The van der Waals surface area contributed by atoms with E-state index in [9.17, 15) is 19.1 Å². The van der Waals surface area contributed by atoms with Gasteiger partial charge < -0.3 is 14.7 Å². The number of amides is 1. The average Bonchev–Trinajstić information content (AvgIpc) is 3.08. The Morgan fingerprint density at radius 1 is 0.970 bits per heavy atom. The second-order valence-corrected chi connectivity index (χ2v) is 7.84. The van der Waals surface area contributed by atoms with Crippen LogP contribution in [0.2, 0.25) is 0 Å². The fraction of sp³-hybridized carbons (Fsp3) is 0.185. The number of aliphatic hydroxyl groups is 1. The highest BCUT2D eigenvalue weighted by molar-refractivity contribution is 6.46. The Balaban J connectivity index is 1.78. The predicted molar refractivity (Wildman–Crippen MR) is 123 cm³/mol. The third-order valence-corrected chi connectivity index (χ3v) is 5.52. The molecule has 0 saturated carbocycles. The molecule has 1 aliphatic heterocycles. The van der Waals surface area contributed by atoms with Crippen LogP contribution in [0.5, 0.6) is 5.75 Å². The van der Waals surface area contributed by atoms with Gasteiger partial charge in [0, 0.05) is 12.1 Å². The maximum absolute atomic E-state index is 13.6. The zero-order valence-corrected chi connectivity index (χ0v) is 18.2. The van der Waals surface area contributed by atoms with Crippen molar-refractivity contribution in [1.29, 1.82) is 0 Å². The molecule has 1 aliphatic rings. The van der Waals surface area contributed by atoms with Gasteiger partial charge in [-0.15, -0.1) is 0 Å². The van der Waals surface area contributed by atoms with E-state index in [4.69, 9.17) is 4.74 Å². The van der Waals surface area contributed by atoms with Crippen LogP contribution in [0.25, 0.3) is 5.76 Å². The SMILES string of the molecule is CCCOc1ccc(C(O)=C2C(=O)C(=O)N(Cc3ccccc3)C2c2ccc(F)cc2)cc1. The smallest absolute Gasteiger partial charge is 0.295 e. The second kappa shape index (κ2) is 9.69. The van der Waals surface area contributed by atoms with Crippen LogP contribution in [0.4, 0.5) is 4.39 Å². The number of likely N-dealkylation sites (tertiary alicyclic amines) is 1. The number of aliphatic hydroxyl groups excluding tert-OH is 1. The zero-order valence-electron chi connectivity index (χ0n) is 18.2. The number of hydrogen-bond acceptors (Lipinski definition) is 4. The normalized spacial score (nSPS) is 17.4. The molecule has 0 aromatic heterocycles. The molecule has 5 nitrogen and oxygen atoms in total. The van der Waals surface area contributed by atoms with Crippen LogP contribution < -0.4 is 4.74 Å². The summed E-state index contributed by atoms with van der Waals surface area (Å²) in [5.74, 6) is -1.54. The topological polar surface area (TPSA) is 66.8 Å². The van der Waals surface area contributed by atoms with Crippen LogP contribution >= 0.6 is 0 Å². The summed E-state index contributed by atoms with van der Waals surface area (Å²) in [5, 5.41) is 11.1. The molecule has 0 radical (unpaired) electrons. The van der Waals surface area contributed by atoms with Crippen molar-refractivity contribution < 1.29 is 23.8 Å². The van der Waals surface area contributed by atoms with Gasteiger partial charge in [0.25, 0.3) is 11.7 Å². The highest BCUT2D eigenvalue weighted by Gasteiger charge is 2.46. The van der Waals surface area contributed by atoms with E-state index in [0.717, 1.165) is 12.0 Å². The summed E-state index contributed by atoms with van der Waals surface area (Å²) in [6, 6.07) is 20.7. The van der Waals surface area contributed by atoms with Crippen LogP contribution in [0, 0.1) is 5.82 Å². The maximum atomic E-state index is 13.6. The number of halogens is 1. The molecule has 4 rings (SSSR count). The number of benzene rings is 3. The summed E-state index contributed by atoms with van der Waals surface area (Å²) >= 11 is 0. The standard InChI is InChI=1S/C27H24FNO4/c1-2-16-33-22-14-10-20(11-15-22)25(30)23-24(19-8-12-21(28)13-9-19)29(27(32)26(23)31)17-18-6-4-3-5-7-18/h3-15,24,30H,2,16-17H2,1H3. The van der Waals surface area contributed by atoms with Gasteiger partial charge in [0.05, 0.1) is 18.2 Å². The van der Waals surface area contributed by atoms with E-state index < -0.39 is 23.5 Å². The molecule has 1 heterocycles. The number of Topliss-reactive ketones (excluding diaryl/α,β-unsaturated/α-hetero) is 1. The first-order valence-electron chi connectivity index (χ1n) is 10.8. The summed E-state index contributed by atoms with van der Waals surface area (Å²) in [5.41, 5.74) is 1.74. The summed E-state index contributed by atoms with van der Waals surface area (Å²) in [6.45, 7) is 2.75. The first kappa shape index (κ1) is 22.3. The minimum Gasteiger partial charge on any atom is -0.507 e. The minimum atomic E-state index is -0.846. The minimum absolute atomic E-state index is 0.0234. The number of nitrogens with zero attached hydrogens (tertiary/aromatic N) is 1. The van der Waals surface area contributed by atoms with Gasteiger partial charge in [-0.1, -0.05) is 49.4 Å². The lowest BCUT2D eigenvalue weighted by molar-refractivity contribution is -0.140. The number of carbonyl (C=O) groups excluding carboxylic acids is 2. The van der Waals surface area contributed by atoms with Gasteiger partial charge >= 0.3 is 0 Å². The molecule has 6 heteroatoms. The van der Waals surface area contributed by atoms with Crippen LogP contribution in [-0.2, 0) is 16.1 Å². The molecule has 33 heavy (non-hydrogen) atoms. The highest BCUT2D eigenvalue weighted by atomic mass is 19.1. The predicted octanol–water partition coefficient (Wildman–Crippen LogP) is 5.24. The summed E-state index contributed by atoms with van der Waals surface area (Å²) in [7, 11) is 0. The van der Waals surface area contributed by atoms with Crippen molar-refractivity contribution in [2.45, 2.75) is 25.9 Å². The lowest BCUT2D eigenvalue weighted by atomic mass is 9.95. The molecule has 1 unspecified atom stereocenters. The Bertz CT molecular complexity index is 1170. The molecule has 3 aromatic carbocycles. The third-order valence-electron chi connectivity index (χ3n) is 5.52. The third kappa shape index (κ3) is 4.65. The van der Waals surface area contributed by atoms with Crippen molar-refractivity contribution in [3.63, 3.8) is 0 Å². The molecule has 0 aliphatic carbocycles. The molecular weight excluding hydrogens is 421 g/mol. The Morgan fingerprint density at radius 2 is 1.64 bits per heavy atom. The number of ether oxygens (including phenoxy) is 1. The zero-order chi connectivity index (χ0) is 23.4. The number of ketones is 1. The number of rotatable bonds is 7. The average molecular weight is 445 g/mol. The second-order valence-electron chi connectivity index (χ2n) is 7.84. The quantitative estimate of drug-likeness (QED) is 0.307. The van der Waals surface area contributed by atoms with Gasteiger partial charge in [-0.2, -0.15) is 0 Å². The first-order valence-corrected chi connectivity index (χ1v) is 10.8. The molecule has 1 N–H and O–H groups in total. The van der Waals surface area contributed by atoms with Gasteiger partial charge in [0.2, 0.25) is 0 Å². The monoisotopic (exact) mass is 445 g/mol. The van der Waals surface area contributed by atoms with Gasteiger partial charge in [-0.3, -0.25) is 9.59 Å². The molecule has 0 spiro atoms. The van der Waals surface area contributed by atoms with Crippen molar-refractivity contribution >= 4 is 17.4 Å². The van der Waals surface area contributed by atoms with E-state index in [1.54, 1.807) is 24.3 Å². The Kier molecular flexibility index (Phi) is 6.54. The van der Waals surface area contributed by atoms with E-state index in [1.807, 2.05) is 37.3 Å². The van der Waals surface area contributed by atoms with E-state index in [2.05, 4.69) is 0 Å². The van der Waals surface area contributed by atoms with Crippen molar-refractivity contribution in [3.05, 3.63) is 107 Å². The van der Waals surface area contributed by atoms with E-state index >= 15 is 0 Å². The molecule has 1 fully saturated rings. The maximum Gasteiger partial charge on any atom is 0.295 e. The molecule has 1 amide bonds. The Labute approximate surface area is 191 Å². The van der Waals surface area contributed by atoms with E-state index in [-0.39, 0.29) is 17.9 Å². The molecular formula is C27H24FNO4. The van der Waals surface area contributed by atoms with Gasteiger partial charge in [-0.05, 0) is 53.9 Å². The molecule has 1 saturated heterocycles. The van der Waals surface area contributed by atoms with E-state index in [1.165, 1.54) is 29.2 Å². The lowest BCUT2D eigenvalue weighted by Gasteiger charge is -2.25.